The van der Waals surface area contributed by atoms with E-state index in [4.69, 9.17) is 11.6 Å². The molecule has 78 valence electrons. The summed E-state index contributed by atoms with van der Waals surface area (Å²) in [5.74, 6) is 0. The number of hydrogen-bond donors (Lipinski definition) is 0. The lowest BCUT2D eigenvalue weighted by Crippen LogP contribution is -1.97. The molecule has 0 aromatic rings. The highest BCUT2D eigenvalue weighted by molar-refractivity contribution is 6.68. The number of nitro groups is 1. The minimum atomic E-state index is -0.798. The van der Waals surface area contributed by atoms with Gasteiger partial charge in [0.25, 0.3) is 10.9 Å². The van der Waals surface area contributed by atoms with E-state index in [0.717, 1.165) is 12.2 Å². The van der Waals surface area contributed by atoms with Crippen LogP contribution in [0.3, 0.4) is 0 Å². The van der Waals surface area contributed by atoms with E-state index in [1.54, 1.807) is 0 Å². The molecule has 0 saturated heterocycles. The summed E-state index contributed by atoms with van der Waals surface area (Å²) in [7, 11) is 0. The zero-order valence-electron chi connectivity index (χ0n) is 8.12. The van der Waals surface area contributed by atoms with E-state index >= 15 is 0 Å². The van der Waals surface area contributed by atoms with Gasteiger partial charge in [-0.25, -0.2) is 0 Å². The van der Waals surface area contributed by atoms with Gasteiger partial charge in [0.2, 0.25) is 0 Å². The summed E-state index contributed by atoms with van der Waals surface area (Å²) in [6, 6.07) is 0. The Hall–Kier alpha value is -1.42. The van der Waals surface area contributed by atoms with E-state index in [2.05, 4.69) is 13.2 Å². The second-order valence-corrected chi connectivity index (χ2v) is 2.17. The van der Waals surface area contributed by atoms with Crippen molar-refractivity contribution in [2.45, 2.75) is 13.8 Å². The smallest absolute Gasteiger partial charge is 0.263 e. The predicted octanol–water partition coefficient (Wildman–Crippen LogP) is 2.68. The average Bonchev–Trinajstić information content (AvgIpc) is 2.16. The van der Waals surface area contributed by atoms with Crippen LogP contribution in [0.1, 0.15) is 13.8 Å². The minimum absolute atomic E-state index is 0.0432. The van der Waals surface area contributed by atoms with Crippen LogP contribution in [0.25, 0.3) is 0 Å². The van der Waals surface area contributed by atoms with Crippen LogP contribution in [0.15, 0.2) is 36.6 Å². The number of hydrogen-bond acceptors (Lipinski definition) is 3. The van der Waals surface area contributed by atoms with E-state index in [1.807, 2.05) is 13.8 Å². The largest absolute Gasteiger partial charge is 0.276 e. The second kappa shape index (κ2) is 8.19. The summed E-state index contributed by atoms with van der Waals surface area (Å²) in [6.45, 7) is 10.3. The molecule has 5 heteroatoms. The highest BCUT2D eigenvalue weighted by Gasteiger charge is 2.07. The van der Waals surface area contributed by atoms with Crippen LogP contribution in [0, 0.1) is 10.1 Å². The number of halogens is 1. The molecule has 0 radical (unpaired) electrons. The number of rotatable bonds is 4. The van der Waals surface area contributed by atoms with Crippen LogP contribution < -0.4 is 0 Å². The first-order chi connectivity index (χ1) is 6.49. The Morgan fingerprint density at radius 1 is 1.50 bits per heavy atom. The molecule has 0 spiro atoms. The van der Waals surface area contributed by atoms with Crippen molar-refractivity contribution in [1.82, 2.24) is 0 Å². The van der Waals surface area contributed by atoms with Crippen molar-refractivity contribution in [2.24, 2.45) is 0 Å². The Morgan fingerprint density at radius 2 is 1.93 bits per heavy atom. The van der Waals surface area contributed by atoms with Gasteiger partial charge in [-0.15, -0.1) is 0 Å². The van der Waals surface area contributed by atoms with Gasteiger partial charge in [-0.1, -0.05) is 26.5 Å². The quantitative estimate of drug-likeness (QED) is 0.239. The van der Waals surface area contributed by atoms with Crippen LogP contribution >= 0.6 is 11.6 Å². The number of carbonyl (C=O) groups excluding carboxylic acids is 1. The molecule has 0 saturated carbocycles. The van der Waals surface area contributed by atoms with Crippen molar-refractivity contribution in [3.8, 4) is 0 Å². The third-order valence-corrected chi connectivity index (χ3v) is 1.22. The van der Waals surface area contributed by atoms with Crippen LogP contribution in [0.5, 0.6) is 0 Å². The van der Waals surface area contributed by atoms with Crippen LogP contribution in [0.4, 0.5) is 0 Å². The van der Waals surface area contributed by atoms with E-state index in [9.17, 15) is 14.9 Å². The lowest BCUT2D eigenvalue weighted by atomic mass is 10.2. The summed E-state index contributed by atoms with van der Waals surface area (Å²) < 4.78 is 0. The van der Waals surface area contributed by atoms with Gasteiger partial charge in [0, 0.05) is 11.6 Å². The van der Waals surface area contributed by atoms with E-state index in [0.29, 0.717) is 0 Å². The zero-order chi connectivity index (χ0) is 11.7. The summed E-state index contributed by atoms with van der Waals surface area (Å²) in [5, 5.41) is 9.25. The molecule has 0 aliphatic rings. The summed E-state index contributed by atoms with van der Waals surface area (Å²) in [6.07, 6.45) is 2.09. The third-order valence-electron chi connectivity index (χ3n) is 1.00. The molecule has 14 heavy (non-hydrogen) atoms. The van der Waals surface area contributed by atoms with Gasteiger partial charge in [0.15, 0.2) is 0 Å². The first kappa shape index (κ1) is 15.1. The van der Waals surface area contributed by atoms with Crippen molar-refractivity contribution in [2.75, 3.05) is 0 Å². The van der Waals surface area contributed by atoms with E-state index in [-0.39, 0.29) is 5.57 Å². The molecule has 0 aliphatic carbocycles. The van der Waals surface area contributed by atoms with Crippen molar-refractivity contribution < 1.29 is 9.72 Å². The van der Waals surface area contributed by atoms with Crippen molar-refractivity contribution >= 4 is 16.8 Å². The van der Waals surface area contributed by atoms with Crippen LogP contribution in [-0.2, 0) is 4.79 Å². The number of carbonyl (C=O) groups is 1. The van der Waals surface area contributed by atoms with Gasteiger partial charge in [-0.05, 0) is 18.2 Å². The van der Waals surface area contributed by atoms with E-state index < -0.39 is 15.9 Å². The molecule has 0 aromatic heterocycles. The molecule has 0 fully saturated rings. The van der Waals surface area contributed by atoms with Gasteiger partial charge in [0.1, 0.15) is 0 Å². The second-order valence-electron chi connectivity index (χ2n) is 1.83. The Kier molecular flexibility index (Phi) is 8.82. The first-order valence-corrected chi connectivity index (χ1v) is 4.24. The molecular formula is C9H12ClNO3. The van der Waals surface area contributed by atoms with Crippen LogP contribution in [0.2, 0.25) is 0 Å². The molecule has 0 heterocycles. The maximum atomic E-state index is 10.5. The van der Waals surface area contributed by atoms with Gasteiger partial charge >= 0.3 is 0 Å². The molecule has 4 nitrogen and oxygen atoms in total. The van der Waals surface area contributed by atoms with Gasteiger partial charge in [-0.2, -0.15) is 0 Å². The predicted molar refractivity (Wildman–Crippen MR) is 56.6 cm³/mol. The minimum Gasteiger partial charge on any atom is -0.276 e. The molecule has 0 amide bonds. The highest BCUT2D eigenvalue weighted by Crippen LogP contribution is 2.05. The molecule has 0 atom stereocenters. The molecule has 0 N–H and O–H groups in total. The molecule has 0 unspecified atom stereocenters. The molecule has 0 rings (SSSR count). The van der Waals surface area contributed by atoms with Crippen molar-refractivity contribution in [1.29, 1.82) is 0 Å². The monoisotopic (exact) mass is 217 g/mol. The topological polar surface area (TPSA) is 60.2 Å². The molecular weight excluding hydrogens is 206 g/mol. The lowest BCUT2D eigenvalue weighted by molar-refractivity contribution is -0.418. The average molecular weight is 218 g/mol. The Morgan fingerprint density at radius 3 is 2.14 bits per heavy atom. The summed E-state index contributed by atoms with van der Waals surface area (Å²) in [4.78, 5) is 19.8. The van der Waals surface area contributed by atoms with Gasteiger partial charge in [0.05, 0.1) is 4.92 Å². The van der Waals surface area contributed by atoms with Gasteiger partial charge in [-0.3, -0.25) is 14.9 Å². The SMILES string of the molecule is C=C/C(=C\C(=C)[N+](=O)[O-])C(=O)Cl.CC. The third kappa shape index (κ3) is 6.14. The van der Waals surface area contributed by atoms with E-state index in [1.165, 1.54) is 0 Å². The number of nitrogens with zero attached hydrogens (tertiary/aromatic N) is 1. The van der Waals surface area contributed by atoms with Crippen molar-refractivity contribution in [3.05, 3.63) is 46.7 Å². The zero-order valence-corrected chi connectivity index (χ0v) is 8.87. The Balaban J connectivity index is 0. The Labute approximate surface area is 87.7 Å². The fraction of sp³-hybridized carbons (Fsp3) is 0.222. The highest BCUT2D eigenvalue weighted by atomic mass is 35.5. The Bertz CT molecular complexity index is 282. The fourth-order valence-electron chi connectivity index (χ4n) is 0.428. The maximum absolute atomic E-state index is 10.5. The molecule has 0 aromatic carbocycles. The molecule has 0 bridgehead atoms. The molecule has 0 aliphatic heterocycles. The van der Waals surface area contributed by atoms with Gasteiger partial charge < -0.3 is 0 Å². The van der Waals surface area contributed by atoms with Crippen molar-refractivity contribution in [3.63, 3.8) is 0 Å². The standard InChI is InChI=1S/C7H6ClNO3.C2H6/c1-3-6(7(8)10)4-5(2)9(11)12;1-2/h3-4H,1-2H2;1-2H3/b6-4+;. The lowest BCUT2D eigenvalue weighted by Gasteiger charge is -1.91. The normalized spacial score (nSPS) is 9.50. The maximum Gasteiger partial charge on any atom is 0.263 e. The first-order valence-electron chi connectivity index (χ1n) is 3.86. The summed E-state index contributed by atoms with van der Waals surface area (Å²) >= 11 is 5.05. The fourth-order valence-corrected chi connectivity index (χ4v) is 0.560. The number of allylic oxidation sites excluding steroid dienone is 3. The van der Waals surface area contributed by atoms with Crippen LogP contribution in [-0.4, -0.2) is 10.2 Å². The summed E-state index contributed by atoms with van der Waals surface area (Å²) in [5.41, 5.74) is -0.447.